The van der Waals surface area contributed by atoms with Crippen LogP contribution >= 0.6 is 12.4 Å². The average molecular weight is 298 g/mol. The van der Waals surface area contributed by atoms with E-state index in [1.54, 1.807) is 12.1 Å². The third-order valence-electron chi connectivity index (χ3n) is 2.79. The summed E-state index contributed by atoms with van der Waals surface area (Å²) < 4.78 is 15.0. The molecule has 0 radical (unpaired) electrons. The molecule has 0 atom stereocenters. The molecule has 1 heterocycles. The molecule has 0 spiro atoms. The van der Waals surface area contributed by atoms with Crippen LogP contribution in [-0.2, 0) is 19.6 Å². The van der Waals surface area contributed by atoms with Crippen LogP contribution in [0, 0.1) is 11.7 Å². The Bertz CT molecular complexity index is 525. The molecule has 0 saturated heterocycles. The van der Waals surface area contributed by atoms with Gasteiger partial charge in [0.25, 0.3) is 0 Å². The summed E-state index contributed by atoms with van der Waals surface area (Å²) in [6.07, 6.45) is 3.93. The van der Waals surface area contributed by atoms with Gasteiger partial charge in [0.2, 0.25) is 0 Å². The highest BCUT2D eigenvalue weighted by Crippen LogP contribution is 2.05. The Balaban J connectivity index is 0.00000200. The zero-order valence-electron chi connectivity index (χ0n) is 11.8. The molecule has 0 bridgehead atoms. The van der Waals surface area contributed by atoms with Crippen molar-refractivity contribution < 1.29 is 4.39 Å². The first-order valence-corrected chi connectivity index (χ1v) is 6.60. The fourth-order valence-corrected chi connectivity index (χ4v) is 1.97. The van der Waals surface area contributed by atoms with E-state index in [1.165, 1.54) is 6.07 Å². The van der Waals surface area contributed by atoms with Gasteiger partial charge in [0.05, 0.1) is 6.20 Å². The predicted octanol–water partition coefficient (Wildman–Crippen LogP) is 3.39. The Kier molecular flexibility index (Phi) is 6.68. The van der Waals surface area contributed by atoms with Crippen LogP contribution in [-0.4, -0.2) is 9.78 Å². The third kappa shape index (κ3) is 5.31. The topological polar surface area (TPSA) is 29.9 Å². The van der Waals surface area contributed by atoms with Crippen molar-refractivity contribution in [2.45, 2.75) is 33.5 Å². The largest absolute Gasteiger partial charge is 0.309 e. The lowest BCUT2D eigenvalue weighted by Gasteiger charge is -2.04. The molecule has 1 N–H and O–H groups in total. The minimum Gasteiger partial charge on any atom is -0.309 e. The van der Waals surface area contributed by atoms with Gasteiger partial charge >= 0.3 is 0 Å². The summed E-state index contributed by atoms with van der Waals surface area (Å²) in [5.74, 6) is 0.400. The molecular weight excluding hydrogens is 277 g/mol. The molecule has 110 valence electrons. The zero-order valence-corrected chi connectivity index (χ0v) is 12.7. The van der Waals surface area contributed by atoms with Gasteiger partial charge in [-0.3, -0.25) is 4.68 Å². The second-order valence-electron chi connectivity index (χ2n) is 5.20. The minimum absolute atomic E-state index is 0. The number of halogens is 2. The van der Waals surface area contributed by atoms with Crippen molar-refractivity contribution in [2.75, 3.05) is 0 Å². The van der Waals surface area contributed by atoms with Crippen LogP contribution in [0.1, 0.15) is 25.0 Å². The maximum atomic E-state index is 13.0. The molecule has 0 unspecified atom stereocenters. The van der Waals surface area contributed by atoms with Gasteiger partial charge in [-0.15, -0.1) is 12.4 Å². The molecule has 1 aromatic carbocycles. The first-order chi connectivity index (χ1) is 9.13. The molecule has 20 heavy (non-hydrogen) atoms. The van der Waals surface area contributed by atoms with Crippen LogP contribution < -0.4 is 5.32 Å². The molecule has 0 aliphatic carbocycles. The molecule has 0 amide bonds. The number of aromatic nitrogens is 2. The van der Waals surface area contributed by atoms with Crippen LogP contribution in [0.4, 0.5) is 4.39 Å². The van der Waals surface area contributed by atoms with Gasteiger partial charge < -0.3 is 5.32 Å². The van der Waals surface area contributed by atoms with Gasteiger partial charge in [0, 0.05) is 31.4 Å². The van der Waals surface area contributed by atoms with Crippen molar-refractivity contribution in [1.29, 1.82) is 0 Å². The van der Waals surface area contributed by atoms with E-state index in [4.69, 9.17) is 0 Å². The molecule has 1 aromatic heterocycles. The zero-order chi connectivity index (χ0) is 13.7. The first kappa shape index (κ1) is 16.7. The molecule has 0 fully saturated rings. The fraction of sp³-hybridized carbons (Fsp3) is 0.400. The average Bonchev–Trinajstić information content (AvgIpc) is 2.76. The third-order valence-corrected chi connectivity index (χ3v) is 2.79. The van der Waals surface area contributed by atoms with Crippen molar-refractivity contribution in [2.24, 2.45) is 5.92 Å². The summed E-state index contributed by atoms with van der Waals surface area (Å²) in [7, 11) is 0. The van der Waals surface area contributed by atoms with E-state index in [2.05, 4.69) is 30.5 Å². The molecule has 0 saturated carbocycles. The number of rotatable bonds is 6. The van der Waals surface area contributed by atoms with Crippen LogP contribution in [0.5, 0.6) is 0 Å². The van der Waals surface area contributed by atoms with E-state index >= 15 is 0 Å². The van der Waals surface area contributed by atoms with E-state index in [0.29, 0.717) is 12.5 Å². The minimum atomic E-state index is -0.191. The molecule has 5 heteroatoms. The van der Waals surface area contributed by atoms with Crippen molar-refractivity contribution in [1.82, 2.24) is 15.1 Å². The molecular formula is C15H21ClFN3. The Morgan fingerprint density at radius 3 is 2.70 bits per heavy atom. The van der Waals surface area contributed by atoms with Crippen LogP contribution in [0.25, 0.3) is 0 Å². The van der Waals surface area contributed by atoms with Crippen molar-refractivity contribution >= 4 is 12.4 Å². The Hall–Kier alpha value is -1.39. The highest BCUT2D eigenvalue weighted by Gasteiger charge is 2.01. The maximum Gasteiger partial charge on any atom is 0.123 e. The number of hydrogen-bond donors (Lipinski definition) is 1. The Morgan fingerprint density at radius 1 is 1.25 bits per heavy atom. The van der Waals surface area contributed by atoms with Gasteiger partial charge in [-0.2, -0.15) is 5.10 Å². The Labute approximate surface area is 125 Å². The van der Waals surface area contributed by atoms with Crippen LogP contribution in [0.15, 0.2) is 36.7 Å². The number of nitrogens with one attached hydrogen (secondary N) is 1. The van der Waals surface area contributed by atoms with Gasteiger partial charge in [0.15, 0.2) is 0 Å². The van der Waals surface area contributed by atoms with Crippen molar-refractivity contribution in [3.63, 3.8) is 0 Å². The maximum absolute atomic E-state index is 13.0. The van der Waals surface area contributed by atoms with E-state index < -0.39 is 0 Å². The lowest BCUT2D eigenvalue weighted by atomic mass is 10.2. The summed E-state index contributed by atoms with van der Waals surface area (Å²) in [5.41, 5.74) is 2.10. The predicted molar refractivity (Wildman–Crippen MR) is 81.3 cm³/mol. The smallest absolute Gasteiger partial charge is 0.123 e. The summed E-state index contributed by atoms with van der Waals surface area (Å²) in [4.78, 5) is 0. The number of benzene rings is 1. The van der Waals surface area contributed by atoms with E-state index in [-0.39, 0.29) is 18.2 Å². The van der Waals surface area contributed by atoms with Gasteiger partial charge in [0.1, 0.15) is 5.82 Å². The molecule has 0 aliphatic heterocycles. The van der Waals surface area contributed by atoms with E-state index in [0.717, 1.165) is 24.2 Å². The van der Waals surface area contributed by atoms with Crippen molar-refractivity contribution in [3.8, 4) is 0 Å². The van der Waals surface area contributed by atoms with E-state index in [9.17, 15) is 4.39 Å². The first-order valence-electron chi connectivity index (χ1n) is 6.60. The summed E-state index contributed by atoms with van der Waals surface area (Å²) in [6.45, 7) is 6.68. The Morgan fingerprint density at radius 2 is 2.00 bits per heavy atom. The molecule has 2 rings (SSSR count). The highest BCUT2D eigenvalue weighted by atomic mass is 35.5. The van der Waals surface area contributed by atoms with Gasteiger partial charge in [-0.1, -0.05) is 26.0 Å². The molecule has 3 nitrogen and oxygen atoms in total. The van der Waals surface area contributed by atoms with Gasteiger partial charge in [-0.05, 0) is 23.6 Å². The normalized spacial score (nSPS) is 10.6. The standard InChI is InChI=1S/C15H20FN3.ClH/c1-12(2)10-19-11-14(9-18-19)8-17-7-13-4-3-5-15(16)6-13;/h3-6,9,11-12,17H,7-8,10H2,1-2H3;1H. The summed E-state index contributed by atoms with van der Waals surface area (Å²) in [5, 5.41) is 7.60. The molecule has 2 aromatic rings. The van der Waals surface area contributed by atoms with Crippen LogP contribution in [0.3, 0.4) is 0 Å². The lowest BCUT2D eigenvalue weighted by molar-refractivity contribution is 0.482. The van der Waals surface area contributed by atoms with E-state index in [1.807, 2.05) is 16.9 Å². The monoisotopic (exact) mass is 297 g/mol. The van der Waals surface area contributed by atoms with Gasteiger partial charge in [-0.25, -0.2) is 4.39 Å². The van der Waals surface area contributed by atoms with Crippen molar-refractivity contribution in [3.05, 3.63) is 53.6 Å². The fourth-order valence-electron chi connectivity index (χ4n) is 1.97. The van der Waals surface area contributed by atoms with Crippen LogP contribution in [0.2, 0.25) is 0 Å². The number of nitrogens with zero attached hydrogens (tertiary/aromatic N) is 2. The second-order valence-corrected chi connectivity index (χ2v) is 5.20. The summed E-state index contributed by atoms with van der Waals surface area (Å²) in [6, 6.07) is 6.65. The lowest BCUT2D eigenvalue weighted by Crippen LogP contribution is -2.12. The highest BCUT2D eigenvalue weighted by molar-refractivity contribution is 5.85. The second kappa shape index (κ2) is 8.02. The quantitative estimate of drug-likeness (QED) is 0.886. The summed E-state index contributed by atoms with van der Waals surface area (Å²) >= 11 is 0. The molecule has 0 aliphatic rings. The number of hydrogen-bond acceptors (Lipinski definition) is 2. The SMILES string of the molecule is CC(C)Cn1cc(CNCc2cccc(F)c2)cn1.Cl.